The van der Waals surface area contributed by atoms with E-state index in [1.807, 2.05) is 67.3 Å². The number of piperidine rings is 1. The Morgan fingerprint density at radius 2 is 1.92 bits per heavy atom. The Kier molecular flexibility index (Phi) is 7.32. The van der Waals surface area contributed by atoms with E-state index in [0.29, 0.717) is 35.8 Å². The smallest absolute Gasteiger partial charge is 0.275 e. The van der Waals surface area contributed by atoms with Crippen LogP contribution < -0.4 is 10.1 Å². The molecule has 0 unspecified atom stereocenters. The molecule has 1 fully saturated rings. The Balaban J connectivity index is 1.16. The number of hydrogen-bond donors (Lipinski definition) is 1. The molecule has 2 amide bonds. The molecular weight excluding hydrogens is 488 g/mol. The second kappa shape index (κ2) is 11.0. The van der Waals surface area contributed by atoms with Gasteiger partial charge in [0.15, 0.2) is 12.2 Å². The van der Waals surface area contributed by atoms with Gasteiger partial charge in [-0.25, -0.2) is 9.97 Å². The lowest BCUT2D eigenvalue weighted by molar-refractivity contribution is 0.0713. The maximum Gasteiger partial charge on any atom is 0.275 e. The molecule has 0 atom stereocenters. The largest absolute Gasteiger partial charge is 0.491 e. The monoisotopic (exact) mass is 516 g/mol. The Hall–Kier alpha value is -3.98. The maximum absolute atomic E-state index is 13.0. The number of anilines is 1. The third kappa shape index (κ3) is 5.89. The standard InChI is InChI=1S/C28H28N4O4S/c1-18(2)36-23-8-6-20(7-9-23)28(34)32-12-10-19(11-13-32)27-31-24(16-37-27)26(33)30-22-5-3-4-21(14-22)25-15-29-17-35-25/h3-9,14-19H,10-13H2,1-2H3,(H,30,33). The van der Waals surface area contributed by atoms with Crippen molar-refractivity contribution in [2.75, 3.05) is 18.4 Å². The predicted octanol–water partition coefficient (Wildman–Crippen LogP) is 5.86. The minimum Gasteiger partial charge on any atom is -0.491 e. The third-order valence-electron chi connectivity index (χ3n) is 6.20. The summed E-state index contributed by atoms with van der Waals surface area (Å²) in [4.78, 5) is 36.2. The molecule has 1 aliphatic rings. The zero-order chi connectivity index (χ0) is 25.8. The van der Waals surface area contributed by atoms with Gasteiger partial charge in [0.1, 0.15) is 11.4 Å². The summed E-state index contributed by atoms with van der Waals surface area (Å²) in [6, 6.07) is 14.7. The molecule has 5 rings (SSSR count). The van der Waals surface area contributed by atoms with Crippen LogP contribution in [0.3, 0.4) is 0 Å². The van der Waals surface area contributed by atoms with Crippen molar-refractivity contribution in [3.05, 3.63) is 82.8 Å². The lowest BCUT2D eigenvalue weighted by Crippen LogP contribution is -2.37. The van der Waals surface area contributed by atoms with Crippen LogP contribution in [0.2, 0.25) is 0 Å². The number of nitrogens with zero attached hydrogens (tertiary/aromatic N) is 3. The molecule has 8 nitrogen and oxygen atoms in total. The first-order valence-corrected chi connectivity index (χ1v) is 13.2. The molecular formula is C28H28N4O4S. The van der Waals surface area contributed by atoms with Crippen LogP contribution in [-0.4, -0.2) is 45.9 Å². The van der Waals surface area contributed by atoms with Crippen LogP contribution >= 0.6 is 11.3 Å². The Morgan fingerprint density at radius 1 is 1.14 bits per heavy atom. The van der Waals surface area contributed by atoms with Crippen LogP contribution in [0, 0.1) is 0 Å². The summed E-state index contributed by atoms with van der Waals surface area (Å²) in [5.41, 5.74) is 2.54. The Bertz CT molecular complexity index is 1360. The highest BCUT2D eigenvalue weighted by atomic mass is 32.1. The minimum absolute atomic E-state index is 0.0290. The summed E-state index contributed by atoms with van der Waals surface area (Å²) in [7, 11) is 0. The van der Waals surface area contributed by atoms with Crippen LogP contribution in [0.15, 0.2) is 70.9 Å². The van der Waals surface area contributed by atoms with E-state index in [1.165, 1.54) is 17.7 Å². The fraction of sp³-hybridized carbons (Fsp3) is 0.286. The van der Waals surface area contributed by atoms with Crippen molar-refractivity contribution >= 4 is 28.8 Å². The number of carbonyl (C=O) groups excluding carboxylic acids is 2. The first kappa shape index (κ1) is 24.7. The molecule has 3 heterocycles. The first-order chi connectivity index (χ1) is 18.0. The number of thiazole rings is 1. The van der Waals surface area contributed by atoms with E-state index in [2.05, 4.69) is 15.3 Å². The lowest BCUT2D eigenvalue weighted by Gasteiger charge is -2.31. The number of likely N-dealkylation sites (tertiary alicyclic amines) is 1. The van der Waals surface area contributed by atoms with Gasteiger partial charge in [0.25, 0.3) is 11.8 Å². The maximum atomic E-state index is 13.0. The summed E-state index contributed by atoms with van der Waals surface area (Å²) in [5, 5.41) is 5.64. The van der Waals surface area contributed by atoms with E-state index in [0.717, 1.165) is 29.2 Å². The Labute approximate surface area is 219 Å². The molecule has 37 heavy (non-hydrogen) atoms. The molecule has 1 N–H and O–H groups in total. The first-order valence-electron chi connectivity index (χ1n) is 12.3. The van der Waals surface area contributed by atoms with Crippen LogP contribution in [0.25, 0.3) is 11.3 Å². The number of oxazole rings is 1. The van der Waals surface area contributed by atoms with Gasteiger partial charge in [-0.05, 0) is 63.1 Å². The van der Waals surface area contributed by atoms with Gasteiger partial charge in [0.2, 0.25) is 0 Å². The zero-order valence-electron chi connectivity index (χ0n) is 20.7. The topological polar surface area (TPSA) is 97.6 Å². The van der Waals surface area contributed by atoms with Crippen LogP contribution in [0.5, 0.6) is 5.75 Å². The molecule has 2 aromatic carbocycles. The Morgan fingerprint density at radius 3 is 2.62 bits per heavy atom. The summed E-state index contributed by atoms with van der Waals surface area (Å²) in [6.07, 6.45) is 4.72. The number of amides is 2. The van der Waals surface area contributed by atoms with Crippen molar-refractivity contribution in [2.24, 2.45) is 0 Å². The zero-order valence-corrected chi connectivity index (χ0v) is 21.5. The van der Waals surface area contributed by atoms with E-state index < -0.39 is 0 Å². The third-order valence-corrected chi connectivity index (χ3v) is 7.20. The number of aromatic nitrogens is 2. The number of nitrogens with one attached hydrogen (secondary N) is 1. The van der Waals surface area contributed by atoms with Gasteiger partial charge >= 0.3 is 0 Å². The average Bonchev–Trinajstić information content (AvgIpc) is 3.62. The highest BCUT2D eigenvalue weighted by Gasteiger charge is 2.27. The van der Waals surface area contributed by atoms with Crippen LogP contribution in [-0.2, 0) is 0 Å². The number of carbonyl (C=O) groups is 2. The number of benzene rings is 2. The van der Waals surface area contributed by atoms with Crippen molar-refractivity contribution in [1.82, 2.24) is 14.9 Å². The fourth-order valence-electron chi connectivity index (χ4n) is 4.34. The van der Waals surface area contributed by atoms with Crippen molar-refractivity contribution in [3.63, 3.8) is 0 Å². The number of ether oxygens (including phenoxy) is 1. The molecule has 9 heteroatoms. The van der Waals surface area contributed by atoms with Gasteiger partial charge in [-0.3, -0.25) is 9.59 Å². The molecule has 190 valence electrons. The van der Waals surface area contributed by atoms with E-state index in [-0.39, 0.29) is 23.8 Å². The van der Waals surface area contributed by atoms with Gasteiger partial charge in [-0.1, -0.05) is 12.1 Å². The van der Waals surface area contributed by atoms with E-state index in [4.69, 9.17) is 9.15 Å². The highest BCUT2D eigenvalue weighted by Crippen LogP contribution is 2.31. The van der Waals surface area contributed by atoms with Gasteiger partial charge in [0.05, 0.1) is 17.3 Å². The summed E-state index contributed by atoms with van der Waals surface area (Å²) in [5.74, 6) is 1.40. The number of hydrogen-bond acceptors (Lipinski definition) is 7. The fourth-order valence-corrected chi connectivity index (χ4v) is 5.31. The predicted molar refractivity (Wildman–Crippen MR) is 142 cm³/mol. The van der Waals surface area contributed by atoms with Crippen LogP contribution in [0.1, 0.15) is 58.5 Å². The normalized spacial score (nSPS) is 14.1. The van der Waals surface area contributed by atoms with E-state index >= 15 is 0 Å². The second-order valence-corrected chi connectivity index (χ2v) is 10.1. The van der Waals surface area contributed by atoms with Crippen LogP contribution in [0.4, 0.5) is 5.69 Å². The molecule has 4 aromatic rings. The SMILES string of the molecule is CC(C)Oc1ccc(C(=O)N2CCC(c3nc(C(=O)Nc4cccc(-c5cnco5)c4)cs3)CC2)cc1. The average molecular weight is 517 g/mol. The molecule has 0 saturated carbocycles. The van der Waals surface area contributed by atoms with Gasteiger partial charge < -0.3 is 19.4 Å². The number of rotatable bonds is 7. The van der Waals surface area contributed by atoms with Gasteiger partial charge in [0, 0.05) is 41.2 Å². The molecule has 0 bridgehead atoms. The molecule has 0 spiro atoms. The summed E-state index contributed by atoms with van der Waals surface area (Å²) < 4.78 is 11.0. The second-order valence-electron chi connectivity index (χ2n) is 9.23. The van der Waals surface area contributed by atoms with Crippen molar-refractivity contribution < 1.29 is 18.7 Å². The summed E-state index contributed by atoms with van der Waals surface area (Å²) >= 11 is 1.50. The van der Waals surface area contributed by atoms with Crippen molar-refractivity contribution in [1.29, 1.82) is 0 Å². The molecule has 1 aliphatic heterocycles. The lowest BCUT2D eigenvalue weighted by atomic mass is 9.97. The van der Waals surface area contributed by atoms with E-state index in [1.54, 1.807) is 11.6 Å². The molecule has 1 saturated heterocycles. The molecule has 0 aliphatic carbocycles. The molecule has 2 aromatic heterocycles. The van der Waals surface area contributed by atoms with E-state index in [9.17, 15) is 9.59 Å². The highest BCUT2D eigenvalue weighted by molar-refractivity contribution is 7.10. The van der Waals surface area contributed by atoms with Gasteiger partial charge in [-0.2, -0.15) is 0 Å². The van der Waals surface area contributed by atoms with Gasteiger partial charge in [-0.15, -0.1) is 11.3 Å². The minimum atomic E-state index is -0.255. The summed E-state index contributed by atoms with van der Waals surface area (Å²) in [6.45, 7) is 5.26. The van der Waals surface area contributed by atoms with Crippen molar-refractivity contribution in [3.8, 4) is 17.1 Å². The quantitative estimate of drug-likeness (QED) is 0.331. The van der Waals surface area contributed by atoms with Crippen molar-refractivity contribution in [2.45, 2.75) is 38.7 Å². The molecule has 0 radical (unpaired) electrons.